The quantitative estimate of drug-likeness (QED) is 0.711. The van der Waals surface area contributed by atoms with Crippen LogP contribution in [-0.2, 0) is 0 Å². The van der Waals surface area contributed by atoms with Crippen molar-refractivity contribution in [2.75, 3.05) is 19.6 Å². The van der Waals surface area contributed by atoms with E-state index < -0.39 is 0 Å². The standard InChI is InChI=1S/C24H27N5O/c30-24-14-21-16-28(12-4-7-18-5-2-1-3-6-18)15-20(21)13-23(24)29-17-22(26-27-29)19-8-10-25-11-9-19/h1-11,17,20-21,23-24,30H,12-16H2/b7-4+/t20-,21+,23-,24-/m1/s1. The summed E-state index contributed by atoms with van der Waals surface area (Å²) in [5.74, 6) is 1.15. The van der Waals surface area contributed by atoms with E-state index in [9.17, 15) is 5.11 Å². The summed E-state index contributed by atoms with van der Waals surface area (Å²) in [6.07, 6.45) is 11.3. The number of hydrogen-bond donors (Lipinski definition) is 1. The fraction of sp³-hybridized carbons (Fsp3) is 0.375. The van der Waals surface area contributed by atoms with Gasteiger partial charge >= 0.3 is 0 Å². The maximum absolute atomic E-state index is 10.8. The van der Waals surface area contributed by atoms with E-state index in [1.54, 1.807) is 12.4 Å². The highest BCUT2D eigenvalue weighted by atomic mass is 16.3. The van der Waals surface area contributed by atoms with E-state index in [4.69, 9.17) is 0 Å². The third-order valence-corrected chi connectivity index (χ3v) is 6.48. The number of pyridine rings is 1. The zero-order valence-corrected chi connectivity index (χ0v) is 17.0. The largest absolute Gasteiger partial charge is 0.391 e. The summed E-state index contributed by atoms with van der Waals surface area (Å²) in [6.45, 7) is 3.10. The van der Waals surface area contributed by atoms with Crippen LogP contribution in [0.3, 0.4) is 0 Å². The van der Waals surface area contributed by atoms with Crippen molar-refractivity contribution in [1.82, 2.24) is 24.9 Å². The van der Waals surface area contributed by atoms with Gasteiger partial charge in [0.2, 0.25) is 0 Å². The molecule has 3 aromatic rings. The lowest BCUT2D eigenvalue weighted by atomic mass is 9.77. The van der Waals surface area contributed by atoms with Crippen LogP contribution < -0.4 is 0 Å². The molecule has 154 valence electrons. The minimum atomic E-state index is -0.377. The van der Waals surface area contributed by atoms with Gasteiger partial charge in [-0.05, 0) is 42.4 Å². The van der Waals surface area contributed by atoms with Crippen molar-refractivity contribution in [2.45, 2.75) is 25.0 Å². The lowest BCUT2D eigenvalue weighted by Crippen LogP contribution is -2.36. The molecule has 0 spiro atoms. The predicted molar refractivity (Wildman–Crippen MR) is 116 cm³/mol. The average molecular weight is 402 g/mol. The van der Waals surface area contributed by atoms with Crippen LogP contribution in [0.25, 0.3) is 17.3 Å². The zero-order valence-electron chi connectivity index (χ0n) is 17.0. The summed E-state index contributed by atoms with van der Waals surface area (Å²) in [6, 6.07) is 14.3. The fourth-order valence-corrected chi connectivity index (χ4v) is 4.93. The van der Waals surface area contributed by atoms with Crippen LogP contribution in [-0.4, -0.2) is 55.7 Å². The van der Waals surface area contributed by atoms with Crippen molar-refractivity contribution in [3.63, 3.8) is 0 Å². The molecule has 1 saturated heterocycles. The van der Waals surface area contributed by atoms with Crippen molar-refractivity contribution in [2.24, 2.45) is 11.8 Å². The van der Waals surface area contributed by atoms with Crippen LogP contribution in [0.4, 0.5) is 0 Å². The molecule has 2 aliphatic rings. The Hall–Kier alpha value is -2.83. The smallest absolute Gasteiger partial charge is 0.113 e. The Kier molecular flexibility index (Phi) is 5.43. The van der Waals surface area contributed by atoms with Crippen LogP contribution >= 0.6 is 0 Å². The first-order chi connectivity index (χ1) is 14.8. The van der Waals surface area contributed by atoms with Crippen LogP contribution in [0.5, 0.6) is 0 Å². The number of aromatic nitrogens is 4. The molecule has 1 aliphatic carbocycles. The molecule has 4 atom stereocenters. The lowest BCUT2D eigenvalue weighted by molar-refractivity contribution is 0.0298. The monoisotopic (exact) mass is 401 g/mol. The molecular weight excluding hydrogens is 374 g/mol. The van der Waals surface area contributed by atoms with Gasteiger partial charge in [-0.25, -0.2) is 4.68 Å². The van der Waals surface area contributed by atoms with E-state index in [1.807, 2.05) is 29.1 Å². The lowest BCUT2D eigenvalue weighted by Gasteiger charge is -2.35. The molecule has 6 heteroatoms. The number of nitrogens with zero attached hydrogens (tertiary/aromatic N) is 5. The highest BCUT2D eigenvalue weighted by molar-refractivity contribution is 5.56. The Labute approximate surface area is 176 Å². The van der Waals surface area contributed by atoms with Gasteiger partial charge in [-0.2, -0.15) is 0 Å². The van der Waals surface area contributed by atoms with Crippen molar-refractivity contribution >= 4 is 6.08 Å². The molecule has 1 saturated carbocycles. The molecular formula is C24H27N5O. The molecule has 0 amide bonds. The minimum Gasteiger partial charge on any atom is -0.391 e. The van der Waals surface area contributed by atoms with Gasteiger partial charge in [-0.1, -0.05) is 47.7 Å². The highest BCUT2D eigenvalue weighted by Gasteiger charge is 2.42. The Morgan fingerprint density at radius 1 is 1.00 bits per heavy atom. The first-order valence-corrected chi connectivity index (χ1v) is 10.7. The third-order valence-electron chi connectivity index (χ3n) is 6.48. The average Bonchev–Trinajstić information content (AvgIpc) is 3.41. The van der Waals surface area contributed by atoms with E-state index >= 15 is 0 Å². The highest BCUT2D eigenvalue weighted by Crippen LogP contribution is 2.41. The Morgan fingerprint density at radius 3 is 2.57 bits per heavy atom. The number of rotatable bonds is 5. The van der Waals surface area contributed by atoms with E-state index in [1.165, 1.54) is 5.56 Å². The van der Waals surface area contributed by atoms with Gasteiger partial charge in [0.25, 0.3) is 0 Å². The zero-order chi connectivity index (χ0) is 20.3. The summed E-state index contributed by atoms with van der Waals surface area (Å²) >= 11 is 0. The Morgan fingerprint density at radius 2 is 1.77 bits per heavy atom. The second-order valence-corrected chi connectivity index (χ2v) is 8.48. The van der Waals surface area contributed by atoms with Crippen LogP contribution in [0, 0.1) is 11.8 Å². The number of hydrogen-bond acceptors (Lipinski definition) is 5. The summed E-state index contributed by atoms with van der Waals surface area (Å²) < 4.78 is 1.87. The Bertz CT molecular complexity index is 987. The molecule has 5 rings (SSSR count). The second-order valence-electron chi connectivity index (χ2n) is 8.48. The van der Waals surface area contributed by atoms with Gasteiger partial charge in [-0.15, -0.1) is 5.10 Å². The summed E-state index contributed by atoms with van der Waals surface area (Å²) in [7, 11) is 0. The van der Waals surface area contributed by atoms with Gasteiger partial charge in [0.15, 0.2) is 0 Å². The van der Waals surface area contributed by atoms with Gasteiger partial charge in [-0.3, -0.25) is 9.88 Å². The molecule has 1 aliphatic heterocycles. The number of fused-ring (bicyclic) bond motifs is 1. The first-order valence-electron chi connectivity index (χ1n) is 10.7. The maximum atomic E-state index is 10.8. The number of aliphatic hydroxyl groups is 1. The van der Waals surface area contributed by atoms with Gasteiger partial charge in [0, 0.05) is 37.6 Å². The minimum absolute atomic E-state index is 0.00542. The Balaban J connectivity index is 1.22. The third kappa shape index (κ3) is 4.06. The molecule has 0 unspecified atom stereocenters. The molecule has 1 aromatic carbocycles. The van der Waals surface area contributed by atoms with Crippen molar-refractivity contribution in [3.05, 3.63) is 72.7 Å². The molecule has 30 heavy (non-hydrogen) atoms. The van der Waals surface area contributed by atoms with Crippen molar-refractivity contribution in [3.8, 4) is 11.3 Å². The fourth-order valence-electron chi connectivity index (χ4n) is 4.93. The summed E-state index contributed by atoms with van der Waals surface area (Å²) in [5, 5.41) is 19.5. The first kappa shape index (κ1) is 19.2. The number of likely N-dealkylation sites (tertiary alicyclic amines) is 1. The molecule has 3 heterocycles. The molecule has 2 fully saturated rings. The van der Waals surface area contributed by atoms with Crippen LogP contribution in [0.2, 0.25) is 0 Å². The molecule has 6 nitrogen and oxygen atoms in total. The molecule has 0 radical (unpaired) electrons. The van der Waals surface area contributed by atoms with E-state index in [-0.39, 0.29) is 12.1 Å². The normalized spacial score (nSPS) is 26.8. The maximum Gasteiger partial charge on any atom is 0.113 e. The summed E-state index contributed by atoms with van der Waals surface area (Å²) in [5.41, 5.74) is 3.06. The SMILES string of the molecule is O[C@@H]1C[C@H]2CN(C/C=C/c3ccccc3)C[C@H]2C[C@H]1n1cc(-c2ccncc2)nn1. The summed E-state index contributed by atoms with van der Waals surface area (Å²) in [4.78, 5) is 6.56. The topological polar surface area (TPSA) is 67.1 Å². The molecule has 0 bridgehead atoms. The van der Waals surface area contributed by atoms with Crippen LogP contribution in [0.15, 0.2) is 67.1 Å². The molecule has 2 aromatic heterocycles. The number of benzene rings is 1. The molecule has 1 N–H and O–H groups in total. The van der Waals surface area contributed by atoms with Gasteiger partial charge < -0.3 is 5.11 Å². The van der Waals surface area contributed by atoms with Gasteiger partial charge in [0.1, 0.15) is 5.69 Å². The van der Waals surface area contributed by atoms with E-state index in [2.05, 4.69) is 56.6 Å². The van der Waals surface area contributed by atoms with Crippen molar-refractivity contribution < 1.29 is 5.11 Å². The second kappa shape index (κ2) is 8.50. The van der Waals surface area contributed by atoms with E-state index in [0.29, 0.717) is 11.8 Å². The van der Waals surface area contributed by atoms with Gasteiger partial charge in [0.05, 0.1) is 18.3 Å². The van der Waals surface area contributed by atoms with Crippen LogP contribution in [0.1, 0.15) is 24.4 Å². The predicted octanol–water partition coefficient (Wildman–Crippen LogP) is 3.30. The van der Waals surface area contributed by atoms with Crippen molar-refractivity contribution in [1.29, 1.82) is 0 Å². The van der Waals surface area contributed by atoms with E-state index in [0.717, 1.165) is 43.7 Å². The number of aliphatic hydroxyl groups excluding tert-OH is 1.